The van der Waals surface area contributed by atoms with Gasteiger partial charge in [0.05, 0.1) is 0 Å². The fourth-order valence-electron chi connectivity index (χ4n) is 2.46. The van der Waals surface area contributed by atoms with Crippen LogP contribution in [0.3, 0.4) is 0 Å². The molecular weight excluding hydrogens is 194 g/mol. The van der Waals surface area contributed by atoms with Crippen LogP contribution in [0.4, 0.5) is 0 Å². The highest BCUT2D eigenvalue weighted by Crippen LogP contribution is 2.33. The van der Waals surface area contributed by atoms with E-state index >= 15 is 0 Å². The standard InChI is InChI=1S/C15H23N/c1-4-15(2,3)12-9-8-11-6-5-7-14(16)13(11)10-12/h8-10,14H,4-7,16H2,1-3H3/t14-/m0/s1. The molecule has 1 aliphatic carbocycles. The zero-order valence-electron chi connectivity index (χ0n) is 10.7. The van der Waals surface area contributed by atoms with Gasteiger partial charge in [-0.3, -0.25) is 0 Å². The molecule has 16 heavy (non-hydrogen) atoms. The van der Waals surface area contributed by atoms with Gasteiger partial charge in [-0.05, 0) is 47.8 Å². The Hall–Kier alpha value is -0.820. The summed E-state index contributed by atoms with van der Waals surface area (Å²) in [5.41, 5.74) is 10.8. The fourth-order valence-corrected chi connectivity index (χ4v) is 2.46. The number of rotatable bonds is 2. The minimum absolute atomic E-state index is 0.261. The molecule has 0 fully saturated rings. The van der Waals surface area contributed by atoms with Gasteiger partial charge in [-0.25, -0.2) is 0 Å². The van der Waals surface area contributed by atoms with Crippen LogP contribution in [0, 0.1) is 0 Å². The van der Waals surface area contributed by atoms with E-state index in [1.807, 2.05) is 0 Å². The lowest BCUT2D eigenvalue weighted by Crippen LogP contribution is -2.21. The largest absolute Gasteiger partial charge is 0.324 e. The fraction of sp³-hybridized carbons (Fsp3) is 0.600. The Balaban J connectivity index is 2.41. The van der Waals surface area contributed by atoms with Gasteiger partial charge in [0.2, 0.25) is 0 Å². The van der Waals surface area contributed by atoms with E-state index in [4.69, 9.17) is 5.73 Å². The molecule has 0 radical (unpaired) electrons. The van der Waals surface area contributed by atoms with Crippen molar-refractivity contribution in [2.24, 2.45) is 5.73 Å². The second-order valence-electron chi connectivity index (χ2n) is 5.65. The minimum Gasteiger partial charge on any atom is -0.324 e. The summed E-state index contributed by atoms with van der Waals surface area (Å²) in [5, 5.41) is 0. The Bertz CT molecular complexity index is 379. The predicted octanol–water partition coefficient (Wildman–Crippen LogP) is 3.71. The molecule has 1 aromatic rings. The monoisotopic (exact) mass is 217 g/mol. The summed E-state index contributed by atoms with van der Waals surface area (Å²) >= 11 is 0. The third kappa shape index (κ3) is 2.01. The summed E-state index contributed by atoms with van der Waals surface area (Å²) < 4.78 is 0. The Morgan fingerprint density at radius 1 is 1.38 bits per heavy atom. The second kappa shape index (κ2) is 4.21. The number of fused-ring (bicyclic) bond motifs is 1. The lowest BCUT2D eigenvalue weighted by atomic mass is 9.78. The molecule has 2 N–H and O–H groups in total. The maximum Gasteiger partial charge on any atom is 0.0297 e. The highest BCUT2D eigenvalue weighted by molar-refractivity contribution is 5.38. The number of nitrogens with two attached hydrogens (primary N) is 1. The molecule has 0 bridgehead atoms. The molecule has 0 spiro atoms. The highest BCUT2D eigenvalue weighted by Gasteiger charge is 2.22. The second-order valence-corrected chi connectivity index (χ2v) is 5.65. The average Bonchev–Trinajstić information content (AvgIpc) is 2.29. The van der Waals surface area contributed by atoms with E-state index in [9.17, 15) is 0 Å². The lowest BCUT2D eigenvalue weighted by molar-refractivity contribution is 0.501. The van der Waals surface area contributed by atoms with Crippen LogP contribution in [0.1, 0.15) is 62.8 Å². The first-order valence-corrected chi connectivity index (χ1v) is 6.43. The average molecular weight is 217 g/mol. The number of benzene rings is 1. The van der Waals surface area contributed by atoms with E-state index in [1.165, 1.54) is 36.0 Å². The minimum atomic E-state index is 0.261. The van der Waals surface area contributed by atoms with Crippen molar-refractivity contribution >= 4 is 0 Å². The first kappa shape index (κ1) is 11.7. The molecule has 1 nitrogen and oxygen atoms in total. The Kier molecular flexibility index (Phi) is 3.07. The normalized spacial score (nSPS) is 20.6. The van der Waals surface area contributed by atoms with Gasteiger partial charge >= 0.3 is 0 Å². The van der Waals surface area contributed by atoms with E-state index in [2.05, 4.69) is 39.0 Å². The van der Waals surface area contributed by atoms with Crippen molar-refractivity contribution in [2.75, 3.05) is 0 Å². The molecule has 1 aliphatic rings. The first-order valence-electron chi connectivity index (χ1n) is 6.43. The van der Waals surface area contributed by atoms with Crippen molar-refractivity contribution in [3.05, 3.63) is 34.9 Å². The van der Waals surface area contributed by atoms with Crippen molar-refractivity contribution < 1.29 is 0 Å². The molecular formula is C15H23N. The Labute approximate surface area is 99.0 Å². The summed E-state index contributed by atoms with van der Waals surface area (Å²) in [4.78, 5) is 0. The van der Waals surface area contributed by atoms with Gasteiger partial charge in [0.25, 0.3) is 0 Å². The first-order chi connectivity index (χ1) is 7.54. The van der Waals surface area contributed by atoms with Gasteiger partial charge in [0, 0.05) is 6.04 Å². The number of hydrogen-bond donors (Lipinski definition) is 1. The quantitative estimate of drug-likeness (QED) is 0.803. The smallest absolute Gasteiger partial charge is 0.0297 e. The third-order valence-electron chi connectivity index (χ3n) is 4.17. The van der Waals surface area contributed by atoms with Gasteiger partial charge in [0.1, 0.15) is 0 Å². The van der Waals surface area contributed by atoms with E-state index in [0.717, 1.165) is 6.42 Å². The number of aryl methyl sites for hydroxylation is 1. The van der Waals surface area contributed by atoms with Gasteiger partial charge < -0.3 is 5.73 Å². The van der Waals surface area contributed by atoms with Crippen LogP contribution in [0.25, 0.3) is 0 Å². The predicted molar refractivity (Wildman–Crippen MR) is 69.6 cm³/mol. The molecule has 1 heteroatoms. The van der Waals surface area contributed by atoms with Crippen LogP contribution < -0.4 is 5.73 Å². The van der Waals surface area contributed by atoms with E-state index in [0.29, 0.717) is 0 Å². The third-order valence-corrected chi connectivity index (χ3v) is 4.17. The molecule has 0 aromatic heterocycles. The molecule has 88 valence electrons. The summed E-state index contributed by atoms with van der Waals surface area (Å²) in [6.07, 6.45) is 4.75. The zero-order chi connectivity index (χ0) is 11.8. The zero-order valence-corrected chi connectivity index (χ0v) is 10.7. The summed E-state index contributed by atoms with van der Waals surface area (Å²) in [7, 11) is 0. The maximum absolute atomic E-state index is 6.20. The molecule has 0 unspecified atom stereocenters. The van der Waals surface area contributed by atoms with Crippen molar-refractivity contribution in [3.8, 4) is 0 Å². The maximum atomic E-state index is 6.20. The van der Waals surface area contributed by atoms with Crippen LogP contribution in [0.15, 0.2) is 18.2 Å². The van der Waals surface area contributed by atoms with Crippen molar-refractivity contribution in [1.29, 1.82) is 0 Å². The molecule has 1 atom stereocenters. The molecule has 1 aromatic carbocycles. The van der Waals surface area contributed by atoms with Gasteiger partial charge in [-0.2, -0.15) is 0 Å². The van der Waals surface area contributed by atoms with Gasteiger partial charge in [-0.15, -0.1) is 0 Å². The summed E-state index contributed by atoms with van der Waals surface area (Å²) in [6.45, 7) is 6.87. The van der Waals surface area contributed by atoms with E-state index in [-0.39, 0.29) is 11.5 Å². The number of hydrogen-bond acceptors (Lipinski definition) is 1. The SMILES string of the molecule is CCC(C)(C)c1ccc2c(c1)[C@@H](N)CCC2. The molecule has 0 amide bonds. The summed E-state index contributed by atoms with van der Waals surface area (Å²) in [5.74, 6) is 0. The van der Waals surface area contributed by atoms with Gasteiger partial charge in [-0.1, -0.05) is 39.0 Å². The molecule has 0 aliphatic heterocycles. The molecule has 0 heterocycles. The van der Waals surface area contributed by atoms with Crippen LogP contribution in [0.2, 0.25) is 0 Å². The van der Waals surface area contributed by atoms with Gasteiger partial charge in [0.15, 0.2) is 0 Å². The molecule has 0 saturated carbocycles. The molecule has 0 saturated heterocycles. The topological polar surface area (TPSA) is 26.0 Å². The Morgan fingerprint density at radius 2 is 2.12 bits per heavy atom. The van der Waals surface area contributed by atoms with E-state index in [1.54, 1.807) is 0 Å². The Morgan fingerprint density at radius 3 is 2.81 bits per heavy atom. The van der Waals surface area contributed by atoms with Crippen molar-refractivity contribution in [2.45, 2.75) is 57.9 Å². The van der Waals surface area contributed by atoms with Crippen LogP contribution in [-0.2, 0) is 11.8 Å². The van der Waals surface area contributed by atoms with E-state index < -0.39 is 0 Å². The van der Waals surface area contributed by atoms with Crippen molar-refractivity contribution in [3.63, 3.8) is 0 Å². The van der Waals surface area contributed by atoms with Crippen molar-refractivity contribution in [1.82, 2.24) is 0 Å². The van der Waals surface area contributed by atoms with Crippen LogP contribution in [0.5, 0.6) is 0 Å². The molecule has 2 rings (SSSR count). The summed E-state index contributed by atoms with van der Waals surface area (Å²) in [6, 6.07) is 7.20. The lowest BCUT2D eigenvalue weighted by Gasteiger charge is -2.28. The van der Waals surface area contributed by atoms with Crippen LogP contribution in [-0.4, -0.2) is 0 Å². The van der Waals surface area contributed by atoms with Crippen LogP contribution >= 0.6 is 0 Å². The highest BCUT2D eigenvalue weighted by atomic mass is 14.6.